The molecule has 9 nitrogen and oxygen atoms in total. The molecule has 0 aliphatic rings. The van der Waals surface area contributed by atoms with Gasteiger partial charge >= 0.3 is 5.97 Å². The SMILES string of the molecule is COc1cc(CC(=O)N[C@H](C(=O)N/C(=C/C(=O)O)C(=O)CSCc2ccccc2)C(C)C)c(OC)cc1Br. The van der Waals surface area contributed by atoms with Crippen molar-refractivity contribution in [1.82, 2.24) is 10.6 Å². The van der Waals surface area contributed by atoms with Crippen LogP contribution in [0.5, 0.6) is 11.5 Å². The molecule has 2 aromatic rings. The number of thioether (sulfide) groups is 1. The molecule has 0 aliphatic heterocycles. The number of carboxylic acids is 1. The molecule has 204 valence electrons. The summed E-state index contributed by atoms with van der Waals surface area (Å²) in [6, 6.07) is 11.8. The first-order valence-corrected chi connectivity index (χ1v) is 13.6. The molecule has 0 fully saturated rings. The first kappa shape index (κ1) is 30.9. The number of benzene rings is 2. The summed E-state index contributed by atoms with van der Waals surface area (Å²) in [5.41, 5.74) is 1.22. The van der Waals surface area contributed by atoms with Gasteiger partial charge in [0.15, 0.2) is 5.78 Å². The highest BCUT2D eigenvalue weighted by Gasteiger charge is 2.27. The maximum atomic E-state index is 13.1. The lowest BCUT2D eigenvalue weighted by Gasteiger charge is -2.22. The monoisotopic (exact) mass is 606 g/mol. The summed E-state index contributed by atoms with van der Waals surface area (Å²) in [6.07, 6.45) is 0.567. The van der Waals surface area contributed by atoms with Crippen LogP contribution in [0.4, 0.5) is 0 Å². The number of carboxylic acid groups (broad SMARTS) is 1. The van der Waals surface area contributed by atoms with Gasteiger partial charge in [0.1, 0.15) is 17.5 Å². The summed E-state index contributed by atoms with van der Waals surface area (Å²) in [7, 11) is 2.98. The van der Waals surface area contributed by atoms with Crippen molar-refractivity contribution in [2.75, 3.05) is 20.0 Å². The van der Waals surface area contributed by atoms with Crippen molar-refractivity contribution in [3.05, 3.63) is 69.8 Å². The molecule has 11 heteroatoms. The molecule has 0 aromatic heterocycles. The van der Waals surface area contributed by atoms with E-state index in [1.165, 1.54) is 26.0 Å². The Kier molecular flexibility index (Phi) is 12.4. The Morgan fingerprint density at radius 2 is 1.71 bits per heavy atom. The zero-order valence-electron chi connectivity index (χ0n) is 21.6. The highest BCUT2D eigenvalue weighted by atomic mass is 79.9. The summed E-state index contributed by atoms with van der Waals surface area (Å²) in [5, 5.41) is 14.3. The molecule has 3 N–H and O–H groups in total. The van der Waals surface area contributed by atoms with Crippen molar-refractivity contribution in [2.24, 2.45) is 5.92 Å². The number of carbonyl (C=O) groups excluding carboxylic acids is 3. The minimum absolute atomic E-state index is 0.0296. The fourth-order valence-electron chi connectivity index (χ4n) is 3.43. The number of hydrogen-bond acceptors (Lipinski definition) is 7. The van der Waals surface area contributed by atoms with Crippen LogP contribution in [0.1, 0.15) is 25.0 Å². The van der Waals surface area contributed by atoms with Gasteiger partial charge in [0.2, 0.25) is 11.8 Å². The molecule has 38 heavy (non-hydrogen) atoms. The number of ether oxygens (including phenoxy) is 2. The summed E-state index contributed by atoms with van der Waals surface area (Å²) in [6.45, 7) is 3.46. The molecule has 0 unspecified atom stereocenters. The third-order valence-electron chi connectivity index (χ3n) is 5.34. The third kappa shape index (κ3) is 9.53. The smallest absolute Gasteiger partial charge is 0.330 e. The van der Waals surface area contributed by atoms with E-state index in [1.807, 2.05) is 30.3 Å². The Morgan fingerprint density at radius 3 is 2.29 bits per heavy atom. The van der Waals surface area contributed by atoms with Gasteiger partial charge in [-0.05, 0) is 39.5 Å². The molecule has 1 atom stereocenters. The van der Waals surface area contributed by atoms with E-state index >= 15 is 0 Å². The highest BCUT2D eigenvalue weighted by molar-refractivity contribution is 9.10. The van der Waals surface area contributed by atoms with Crippen LogP contribution >= 0.6 is 27.7 Å². The number of ketones is 1. The first-order valence-electron chi connectivity index (χ1n) is 11.7. The van der Waals surface area contributed by atoms with Gasteiger partial charge in [-0.1, -0.05) is 44.2 Å². The number of rotatable bonds is 14. The number of allylic oxidation sites excluding steroid dienone is 1. The average molecular weight is 608 g/mol. The van der Waals surface area contributed by atoms with Crippen molar-refractivity contribution in [1.29, 1.82) is 0 Å². The van der Waals surface area contributed by atoms with Crippen LogP contribution in [0.3, 0.4) is 0 Å². The van der Waals surface area contributed by atoms with E-state index in [9.17, 15) is 24.3 Å². The Labute approximate surface area is 234 Å². The number of halogens is 1. The number of nitrogens with one attached hydrogen (secondary N) is 2. The molecule has 2 aromatic carbocycles. The van der Waals surface area contributed by atoms with Gasteiger partial charge in [0.25, 0.3) is 0 Å². The standard InChI is InChI=1S/C27H31BrN2O7S/c1-16(2)26(30-24(32)11-18-10-23(37-4)19(28)12-22(18)36-3)27(35)29-20(13-25(33)34)21(31)15-38-14-17-8-6-5-7-9-17/h5-10,12-13,16,26H,11,14-15H2,1-4H3,(H,29,35)(H,30,32)(H,33,34)/b20-13+/t26-/m0/s1. The van der Waals surface area contributed by atoms with Crippen molar-refractivity contribution >= 4 is 51.3 Å². The van der Waals surface area contributed by atoms with Crippen LogP contribution in [-0.2, 0) is 31.4 Å². The van der Waals surface area contributed by atoms with Gasteiger partial charge in [0.05, 0.1) is 42.6 Å². The maximum Gasteiger partial charge on any atom is 0.330 e. The fourth-order valence-corrected chi connectivity index (χ4v) is 4.78. The fraction of sp³-hybridized carbons (Fsp3) is 0.333. The second-order valence-corrected chi connectivity index (χ2v) is 10.4. The minimum atomic E-state index is -1.37. The number of carbonyl (C=O) groups is 4. The Hall–Kier alpha value is -3.31. The highest BCUT2D eigenvalue weighted by Crippen LogP contribution is 2.33. The zero-order valence-corrected chi connectivity index (χ0v) is 24.0. The second-order valence-electron chi connectivity index (χ2n) is 8.55. The van der Waals surface area contributed by atoms with Crippen molar-refractivity contribution in [3.8, 4) is 11.5 Å². The molecule has 0 aliphatic carbocycles. The lowest BCUT2D eigenvalue weighted by Crippen LogP contribution is -2.50. The van der Waals surface area contributed by atoms with Gasteiger partial charge in [-0.15, -0.1) is 11.8 Å². The van der Waals surface area contributed by atoms with Crippen LogP contribution in [0, 0.1) is 5.92 Å². The normalized spacial score (nSPS) is 12.0. The summed E-state index contributed by atoms with van der Waals surface area (Å²) < 4.78 is 11.3. The molecule has 0 bridgehead atoms. The lowest BCUT2D eigenvalue weighted by molar-refractivity contribution is -0.132. The van der Waals surface area contributed by atoms with Crippen LogP contribution < -0.4 is 20.1 Å². The largest absolute Gasteiger partial charge is 0.496 e. The van der Waals surface area contributed by atoms with E-state index in [4.69, 9.17) is 9.47 Å². The predicted octanol–water partition coefficient (Wildman–Crippen LogP) is 3.74. The Bertz CT molecular complexity index is 1190. The van der Waals surface area contributed by atoms with Crippen molar-refractivity contribution < 1.29 is 33.8 Å². The molecule has 0 radical (unpaired) electrons. The van der Waals surface area contributed by atoms with E-state index in [-0.39, 0.29) is 23.8 Å². The average Bonchev–Trinajstić information content (AvgIpc) is 2.87. The van der Waals surface area contributed by atoms with E-state index in [1.54, 1.807) is 26.0 Å². The number of aliphatic carboxylic acids is 1. The van der Waals surface area contributed by atoms with E-state index < -0.39 is 29.6 Å². The van der Waals surface area contributed by atoms with Crippen molar-refractivity contribution in [3.63, 3.8) is 0 Å². The molecule has 0 spiro atoms. The molecule has 0 saturated heterocycles. The van der Waals surface area contributed by atoms with E-state index in [0.29, 0.717) is 33.4 Å². The number of methoxy groups -OCH3 is 2. The van der Waals surface area contributed by atoms with Gasteiger partial charge < -0.3 is 25.2 Å². The molecule has 2 amide bonds. The minimum Gasteiger partial charge on any atom is -0.496 e. The Balaban J connectivity index is 2.09. The summed E-state index contributed by atoms with van der Waals surface area (Å²) in [4.78, 5) is 50.0. The third-order valence-corrected chi connectivity index (χ3v) is 6.97. The second kappa shape index (κ2) is 15.2. The maximum absolute atomic E-state index is 13.1. The predicted molar refractivity (Wildman–Crippen MR) is 149 cm³/mol. The van der Waals surface area contributed by atoms with Crippen molar-refractivity contribution in [2.45, 2.75) is 32.1 Å². The van der Waals surface area contributed by atoms with Crippen LogP contribution in [0.2, 0.25) is 0 Å². The van der Waals surface area contributed by atoms with Crippen LogP contribution in [0.15, 0.2) is 58.7 Å². The quantitative estimate of drug-likeness (QED) is 0.277. The van der Waals surface area contributed by atoms with Gasteiger partial charge in [0, 0.05) is 11.3 Å². The van der Waals surface area contributed by atoms with Gasteiger partial charge in [-0.2, -0.15) is 0 Å². The number of amides is 2. The molecular formula is C27H31BrN2O7S. The zero-order chi connectivity index (χ0) is 28.2. The molecule has 2 rings (SSSR count). The summed E-state index contributed by atoms with van der Waals surface area (Å²) >= 11 is 4.67. The van der Waals surface area contributed by atoms with E-state index in [2.05, 4.69) is 26.6 Å². The van der Waals surface area contributed by atoms with Gasteiger partial charge in [-0.3, -0.25) is 14.4 Å². The Morgan fingerprint density at radius 1 is 1.05 bits per heavy atom. The van der Waals surface area contributed by atoms with Gasteiger partial charge in [-0.25, -0.2) is 4.79 Å². The van der Waals surface area contributed by atoms with E-state index in [0.717, 1.165) is 5.56 Å². The number of hydrogen-bond donors (Lipinski definition) is 3. The topological polar surface area (TPSA) is 131 Å². The van der Waals surface area contributed by atoms with Crippen LogP contribution in [0.25, 0.3) is 0 Å². The first-order chi connectivity index (χ1) is 18.0. The van der Waals surface area contributed by atoms with Crippen LogP contribution in [-0.4, -0.2) is 54.7 Å². The number of Topliss-reactive ketones (excluding diaryl/α,β-unsaturated/α-hetero) is 1. The lowest BCUT2D eigenvalue weighted by atomic mass is 10.0. The molecule has 0 saturated carbocycles. The molecule has 0 heterocycles. The molecular weight excluding hydrogens is 576 g/mol. The summed E-state index contributed by atoms with van der Waals surface area (Å²) in [5.74, 6) is -1.92.